The van der Waals surface area contributed by atoms with E-state index in [2.05, 4.69) is 37.9 Å². The molecule has 0 spiro atoms. The van der Waals surface area contributed by atoms with Crippen LogP contribution in [0.25, 0.3) is 32.5 Å². The fourth-order valence-electron chi connectivity index (χ4n) is 4.94. The van der Waals surface area contributed by atoms with Crippen LogP contribution >= 0.6 is 11.3 Å². The van der Waals surface area contributed by atoms with Crippen LogP contribution in [0.4, 0.5) is 5.82 Å². The normalized spacial score (nSPS) is 22.8. The number of H-pyrrole nitrogens is 1. The number of amides is 1. The first-order chi connectivity index (χ1) is 15.7. The van der Waals surface area contributed by atoms with Crippen molar-refractivity contribution in [2.45, 2.75) is 31.3 Å². The largest absolute Gasteiger partial charge is 0.366 e. The summed E-state index contributed by atoms with van der Waals surface area (Å²) in [5, 5.41) is 9.45. The van der Waals surface area contributed by atoms with Crippen LogP contribution in [0.15, 0.2) is 35.7 Å². The van der Waals surface area contributed by atoms with Crippen molar-refractivity contribution in [3.8, 4) is 11.4 Å². The van der Waals surface area contributed by atoms with E-state index < -0.39 is 0 Å². The number of hydrazine groups is 1. The average Bonchev–Trinajstić information content (AvgIpc) is 3.56. The van der Waals surface area contributed by atoms with Gasteiger partial charge in [-0.25, -0.2) is 9.97 Å². The molecular formula is C23H25N7OS. The fraction of sp³-hybridized carbons (Fsp3) is 0.348. The zero-order valence-corrected chi connectivity index (χ0v) is 18.6. The van der Waals surface area contributed by atoms with Crippen LogP contribution in [0.5, 0.6) is 0 Å². The van der Waals surface area contributed by atoms with Gasteiger partial charge in [0.05, 0.1) is 10.2 Å². The molecular weight excluding hydrogens is 422 g/mol. The van der Waals surface area contributed by atoms with Crippen LogP contribution in [-0.2, 0) is 0 Å². The molecule has 6 rings (SSSR count). The summed E-state index contributed by atoms with van der Waals surface area (Å²) in [6.45, 7) is 1.03. The minimum atomic E-state index is -0.132. The molecule has 3 aromatic heterocycles. The first-order valence-electron chi connectivity index (χ1n) is 11.0. The van der Waals surface area contributed by atoms with E-state index in [9.17, 15) is 4.79 Å². The molecule has 164 valence electrons. The number of aromatic amines is 1. The Morgan fingerprint density at radius 3 is 3.03 bits per heavy atom. The lowest BCUT2D eigenvalue weighted by atomic mass is 9.83. The third-order valence-electron chi connectivity index (χ3n) is 6.63. The van der Waals surface area contributed by atoms with E-state index in [1.807, 2.05) is 24.3 Å². The van der Waals surface area contributed by atoms with Gasteiger partial charge in [-0.05, 0) is 48.8 Å². The molecule has 4 heterocycles. The maximum absolute atomic E-state index is 12.0. The van der Waals surface area contributed by atoms with Gasteiger partial charge in [0.25, 0.3) is 5.91 Å². The molecule has 0 radical (unpaired) electrons. The quantitative estimate of drug-likeness (QED) is 0.329. The Labute approximate surface area is 189 Å². The van der Waals surface area contributed by atoms with Gasteiger partial charge in [-0.3, -0.25) is 15.6 Å². The summed E-state index contributed by atoms with van der Waals surface area (Å²) in [5.74, 6) is 2.13. The molecule has 1 amide bonds. The van der Waals surface area contributed by atoms with Gasteiger partial charge >= 0.3 is 0 Å². The fourth-order valence-corrected chi connectivity index (χ4v) is 5.72. The van der Waals surface area contributed by atoms with Gasteiger partial charge in [0, 0.05) is 42.1 Å². The van der Waals surface area contributed by atoms with Crippen molar-refractivity contribution in [1.82, 2.24) is 31.1 Å². The molecule has 1 aliphatic heterocycles. The Morgan fingerprint density at radius 2 is 2.12 bits per heavy atom. The summed E-state index contributed by atoms with van der Waals surface area (Å²) in [7, 11) is 1.63. The van der Waals surface area contributed by atoms with Gasteiger partial charge in [-0.1, -0.05) is 12.1 Å². The first kappa shape index (κ1) is 19.7. The van der Waals surface area contributed by atoms with Crippen molar-refractivity contribution >= 4 is 44.2 Å². The van der Waals surface area contributed by atoms with E-state index >= 15 is 0 Å². The van der Waals surface area contributed by atoms with Gasteiger partial charge in [0.1, 0.15) is 11.5 Å². The third-order valence-corrected chi connectivity index (χ3v) is 7.54. The van der Waals surface area contributed by atoms with Crippen molar-refractivity contribution in [1.29, 1.82) is 0 Å². The number of carbonyl (C=O) groups is 1. The van der Waals surface area contributed by atoms with E-state index in [1.54, 1.807) is 18.4 Å². The molecule has 2 aliphatic rings. The lowest BCUT2D eigenvalue weighted by Crippen LogP contribution is -2.39. The summed E-state index contributed by atoms with van der Waals surface area (Å²) in [5.41, 5.74) is 10.0. The van der Waals surface area contributed by atoms with E-state index in [4.69, 9.17) is 9.97 Å². The summed E-state index contributed by atoms with van der Waals surface area (Å²) < 4.78 is 1.10. The minimum absolute atomic E-state index is 0.132. The Balaban J connectivity index is 1.34. The van der Waals surface area contributed by atoms with Gasteiger partial charge in [-0.15, -0.1) is 11.3 Å². The van der Waals surface area contributed by atoms with Crippen LogP contribution < -0.4 is 21.5 Å². The second-order valence-corrected chi connectivity index (χ2v) is 9.56. The lowest BCUT2D eigenvalue weighted by molar-refractivity contribution is 0.0959. The molecule has 5 N–H and O–H groups in total. The second-order valence-electron chi connectivity index (χ2n) is 8.64. The Hall–Kier alpha value is -3.01. The topological polar surface area (TPSA) is 107 Å². The predicted molar refractivity (Wildman–Crippen MR) is 128 cm³/mol. The van der Waals surface area contributed by atoms with Gasteiger partial charge in [0.15, 0.2) is 5.82 Å². The highest BCUT2D eigenvalue weighted by Crippen LogP contribution is 2.34. The van der Waals surface area contributed by atoms with Crippen LogP contribution in [0.3, 0.4) is 0 Å². The number of hydrogen-bond donors (Lipinski definition) is 5. The minimum Gasteiger partial charge on any atom is -0.366 e. The summed E-state index contributed by atoms with van der Waals surface area (Å²) in [4.78, 5) is 24.9. The van der Waals surface area contributed by atoms with Gasteiger partial charge < -0.3 is 15.6 Å². The number of rotatable bonds is 4. The van der Waals surface area contributed by atoms with E-state index in [-0.39, 0.29) is 5.91 Å². The Kier molecular flexibility index (Phi) is 4.82. The standard InChI is InChI=1S/C23H25N7OS/c1-24-23(31)19-9-12-2-3-13(10-18(12)27-19)21-28-17-6-7-32-20(17)22(29-21)26-15-4-5-16-14(8-15)11-25-30-16/h2-3,6-7,9-10,14-16,25,27,30H,4-5,8,11H2,1H3,(H,24,31)(H,26,28,29). The molecule has 3 atom stereocenters. The number of fused-ring (bicyclic) bond motifs is 3. The lowest BCUT2D eigenvalue weighted by Gasteiger charge is -2.31. The smallest absolute Gasteiger partial charge is 0.267 e. The predicted octanol–water partition coefficient (Wildman–Crippen LogP) is 3.26. The number of carbonyl (C=O) groups excluding carboxylic acids is 1. The van der Waals surface area contributed by atoms with E-state index in [0.29, 0.717) is 29.5 Å². The summed E-state index contributed by atoms with van der Waals surface area (Å²) in [6.07, 6.45) is 3.42. The monoisotopic (exact) mass is 447 g/mol. The molecule has 4 aromatic rings. The van der Waals surface area contributed by atoms with Gasteiger partial charge in [-0.2, -0.15) is 0 Å². The number of nitrogens with one attached hydrogen (secondary N) is 5. The summed E-state index contributed by atoms with van der Waals surface area (Å²) >= 11 is 1.67. The molecule has 8 nitrogen and oxygen atoms in total. The highest BCUT2D eigenvalue weighted by Gasteiger charge is 2.34. The number of benzene rings is 1. The van der Waals surface area contributed by atoms with Gasteiger partial charge in [0.2, 0.25) is 0 Å². The van der Waals surface area contributed by atoms with Crippen LogP contribution in [-0.4, -0.2) is 46.5 Å². The molecule has 2 fully saturated rings. The van der Waals surface area contributed by atoms with Crippen molar-refractivity contribution < 1.29 is 4.79 Å². The third kappa shape index (κ3) is 3.42. The molecule has 0 bridgehead atoms. The zero-order valence-electron chi connectivity index (χ0n) is 17.7. The molecule has 32 heavy (non-hydrogen) atoms. The molecule has 1 saturated heterocycles. The highest BCUT2D eigenvalue weighted by atomic mass is 32.1. The van der Waals surface area contributed by atoms with E-state index in [1.165, 1.54) is 0 Å². The molecule has 1 saturated carbocycles. The van der Waals surface area contributed by atoms with Crippen LogP contribution in [0, 0.1) is 5.92 Å². The maximum Gasteiger partial charge on any atom is 0.267 e. The van der Waals surface area contributed by atoms with Crippen LogP contribution in [0.1, 0.15) is 29.8 Å². The van der Waals surface area contributed by atoms with Crippen molar-refractivity contribution in [3.63, 3.8) is 0 Å². The molecule has 3 unspecified atom stereocenters. The van der Waals surface area contributed by atoms with Crippen molar-refractivity contribution in [2.75, 3.05) is 18.9 Å². The maximum atomic E-state index is 12.0. The number of hydrogen-bond acceptors (Lipinski definition) is 7. The SMILES string of the molecule is CNC(=O)c1cc2ccc(-c3nc(NC4CCC5NNCC5C4)c4sccc4n3)cc2[nH]1. The number of nitrogens with zero attached hydrogens (tertiary/aromatic N) is 2. The van der Waals surface area contributed by atoms with Crippen molar-refractivity contribution in [2.24, 2.45) is 5.92 Å². The average molecular weight is 448 g/mol. The highest BCUT2D eigenvalue weighted by molar-refractivity contribution is 7.17. The summed E-state index contributed by atoms with van der Waals surface area (Å²) in [6, 6.07) is 10.9. The van der Waals surface area contributed by atoms with Crippen molar-refractivity contribution in [3.05, 3.63) is 41.4 Å². The number of aromatic nitrogens is 3. The zero-order chi connectivity index (χ0) is 21.7. The van der Waals surface area contributed by atoms with Crippen LogP contribution in [0.2, 0.25) is 0 Å². The molecule has 9 heteroatoms. The molecule has 1 aromatic carbocycles. The molecule has 1 aliphatic carbocycles. The second kappa shape index (κ2) is 7.84. The number of anilines is 1. The number of thiophene rings is 1. The Morgan fingerprint density at radius 1 is 1.19 bits per heavy atom. The van der Waals surface area contributed by atoms with E-state index in [0.717, 1.165) is 58.3 Å². The first-order valence-corrected chi connectivity index (χ1v) is 11.9. The Bertz CT molecular complexity index is 1310.